The van der Waals surface area contributed by atoms with Gasteiger partial charge in [-0.2, -0.15) is 0 Å². The summed E-state index contributed by atoms with van der Waals surface area (Å²) in [6.45, 7) is 1.10. The second-order valence-electron chi connectivity index (χ2n) is 4.15. The van der Waals surface area contributed by atoms with E-state index in [9.17, 15) is 4.79 Å². The third kappa shape index (κ3) is 4.85. The van der Waals surface area contributed by atoms with E-state index in [0.717, 1.165) is 5.56 Å². The van der Waals surface area contributed by atoms with Gasteiger partial charge >= 0.3 is 0 Å². The van der Waals surface area contributed by atoms with Gasteiger partial charge in [-0.05, 0) is 23.8 Å². The number of anilines is 1. The van der Waals surface area contributed by atoms with Crippen LogP contribution >= 0.6 is 11.6 Å². The fourth-order valence-electron chi connectivity index (χ4n) is 1.62. The Kier molecular flexibility index (Phi) is 5.32. The highest BCUT2D eigenvalue weighted by Gasteiger charge is 2.02. The number of nitrogens with zero attached hydrogens (tertiary/aromatic N) is 2. The lowest BCUT2D eigenvalue weighted by atomic mass is 10.1. The predicted molar refractivity (Wildman–Crippen MR) is 78.7 cm³/mol. The zero-order valence-corrected chi connectivity index (χ0v) is 11.6. The van der Waals surface area contributed by atoms with Crippen LogP contribution in [0.3, 0.4) is 0 Å². The number of nitrogens with one attached hydrogen (secondary N) is 2. The summed E-state index contributed by atoms with van der Waals surface area (Å²) in [6.07, 6.45) is 3.67. The highest BCUT2D eigenvalue weighted by molar-refractivity contribution is 6.30. The number of hydrogen-bond acceptors (Lipinski definition) is 4. The Hall–Kier alpha value is -2.14. The average molecular weight is 291 g/mol. The van der Waals surface area contributed by atoms with Crippen LogP contribution in [0.1, 0.15) is 5.56 Å². The van der Waals surface area contributed by atoms with Crippen LogP contribution < -0.4 is 10.6 Å². The largest absolute Gasteiger partial charge is 0.354 e. The van der Waals surface area contributed by atoms with Gasteiger partial charge in [0.15, 0.2) is 0 Å². The molecule has 0 atom stereocenters. The minimum Gasteiger partial charge on any atom is -0.354 e. The van der Waals surface area contributed by atoms with E-state index < -0.39 is 0 Å². The van der Waals surface area contributed by atoms with E-state index in [0.29, 0.717) is 30.5 Å². The maximum absolute atomic E-state index is 11.7. The van der Waals surface area contributed by atoms with Crippen molar-refractivity contribution in [1.29, 1.82) is 0 Å². The molecule has 0 bridgehead atoms. The Balaban J connectivity index is 1.66. The highest BCUT2D eigenvalue weighted by atomic mass is 35.5. The van der Waals surface area contributed by atoms with Gasteiger partial charge in [0.05, 0.1) is 6.42 Å². The molecule has 0 fully saturated rings. The summed E-state index contributed by atoms with van der Waals surface area (Å²) in [5, 5.41) is 6.51. The third-order valence-electron chi connectivity index (χ3n) is 2.57. The molecular formula is C14H15ClN4O. The quantitative estimate of drug-likeness (QED) is 0.798. The van der Waals surface area contributed by atoms with Gasteiger partial charge in [0.1, 0.15) is 0 Å². The first-order chi connectivity index (χ1) is 9.74. The van der Waals surface area contributed by atoms with Gasteiger partial charge < -0.3 is 10.6 Å². The van der Waals surface area contributed by atoms with Gasteiger partial charge in [-0.3, -0.25) is 4.79 Å². The molecule has 1 heterocycles. The smallest absolute Gasteiger partial charge is 0.224 e. The molecule has 0 unspecified atom stereocenters. The molecule has 20 heavy (non-hydrogen) atoms. The molecule has 0 aliphatic rings. The Morgan fingerprint density at radius 2 is 1.80 bits per heavy atom. The number of hydrogen-bond donors (Lipinski definition) is 2. The van der Waals surface area contributed by atoms with Crippen LogP contribution in [-0.4, -0.2) is 29.0 Å². The fourth-order valence-corrected chi connectivity index (χ4v) is 1.74. The molecule has 0 aliphatic heterocycles. The Labute approximate surface area is 122 Å². The average Bonchev–Trinajstić information content (AvgIpc) is 2.47. The lowest BCUT2D eigenvalue weighted by Crippen LogP contribution is -2.30. The van der Waals surface area contributed by atoms with E-state index in [-0.39, 0.29) is 5.91 Å². The maximum Gasteiger partial charge on any atom is 0.224 e. The number of halogens is 1. The maximum atomic E-state index is 11.7. The molecule has 2 aromatic rings. The fraction of sp³-hybridized carbons (Fsp3) is 0.214. The third-order valence-corrected chi connectivity index (χ3v) is 2.83. The zero-order valence-electron chi connectivity index (χ0n) is 10.8. The lowest BCUT2D eigenvalue weighted by Gasteiger charge is -2.06. The van der Waals surface area contributed by atoms with Crippen molar-refractivity contribution in [1.82, 2.24) is 15.3 Å². The second kappa shape index (κ2) is 7.45. The van der Waals surface area contributed by atoms with Crippen molar-refractivity contribution in [2.24, 2.45) is 0 Å². The van der Waals surface area contributed by atoms with Crippen molar-refractivity contribution >= 4 is 23.5 Å². The molecule has 2 rings (SSSR count). The summed E-state index contributed by atoms with van der Waals surface area (Å²) in [5.41, 5.74) is 0.936. The molecular weight excluding hydrogens is 276 g/mol. The van der Waals surface area contributed by atoms with Gasteiger partial charge in [0.25, 0.3) is 0 Å². The Morgan fingerprint density at radius 1 is 1.10 bits per heavy atom. The standard InChI is InChI=1S/C14H15ClN4O/c15-12-4-2-11(3-5-12)10-13(20)16-8-9-19-14-17-6-1-7-18-14/h1-7H,8-10H2,(H,16,20)(H,17,18,19). The van der Waals surface area contributed by atoms with E-state index >= 15 is 0 Å². The molecule has 0 saturated heterocycles. The monoisotopic (exact) mass is 290 g/mol. The van der Waals surface area contributed by atoms with Gasteiger partial charge in [-0.25, -0.2) is 9.97 Å². The van der Waals surface area contributed by atoms with E-state index in [1.165, 1.54) is 0 Å². The van der Waals surface area contributed by atoms with E-state index in [4.69, 9.17) is 11.6 Å². The van der Waals surface area contributed by atoms with Crippen molar-refractivity contribution in [2.45, 2.75) is 6.42 Å². The van der Waals surface area contributed by atoms with Crippen LogP contribution in [0.15, 0.2) is 42.7 Å². The highest BCUT2D eigenvalue weighted by Crippen LogP contribution is 2.09. The molecule has 104 valence electrons. The zero-order chi connectivity index (χ0) is 14.2. The predicted octanol–water partition coefficient (Wildman–Crippen LogP) is 1.90. The SMILES string of the molecule is O=C(Cc1ccc(Cl)cc1)NCCNc1ncccn1. The summed E-state index contributed by atoms with van der Waals surface area (Å²) in [7, 11) is 0. The minimum absolute atomic E-state index is 0.0249. The molecule has 1 amide bonds. The van der Waals surface area contributed by atoms with Gasteiger partial charge in [-0.1, -0.05) is 23.7 Å². The summed E-state index contributed by atoms with van der Waals surface area (Å²) >= 11 is 5.79. The van der Waals surface area contributed by atoms with Gasteiger partial charge in [0, 0.05) is 30.5 Å². The molecule has 2 N–H and O–H groups in total. The van der Waals surface area contributed by atoms with Crippen LogP contribution in [0.4, 0.5) is 5.95 Å². The molecule has 5 nitrogen and oxygen atoms in total. The summed E-state index contributed by atoms with van der Waals surface area (Å²) in [5.74, 6) is 0.530. The molecule has 0 radical (unpaired) electrons. The normalized spacial score (nSPS) is 10.1. The summed E-state index contributed by atoms with van der Waals surface area (Å²) < 4.78 is 0. The van der Waals surface area contributed by atoms with Crippen molar-refractivity contribution in [3.8, 4) is 0 Å². The first kappa shape index (κ1) is 14.3. The van der Waals surface area contributed by atoms with Gasteiger partial charge in [0.2, 0.25) is 11.9 Å². The summed E-state index contributed by atoms with van der Waals surface area (Å²) in [4.78, 5) is 19.8. The Bertz CT molecular complexity index is 545. The van der Waals surface area contributed by atoms with Crippen molar-refractivity contribution in [2.75, 3.05) is 18.4 Å². The molecule has 0 aliphatic carbocycles. The number of rotatable bonds is 6. The molecule has 1 aromatic carbocycles. The summed E-state index contributed by atoms with van der Waals surface area (Å²) in [6, 6.07) is 8.99. The minimum atomic E-state index is -0.0249. The van der Waals surface area contributed by atoms with Crippen molar-refractivity contribution in [3.05, 3.63) is 53.3 Å². The molecule has 0 saturated carbocycles. The van der Waals surface area contributed by atoms with Crippen LogP contribution in [-0.2, 0) is 11.2 Å². The van der Waals surface area contributed by atoms with Crippen LogP contribution in [0.5, 0.6) is 0 Å². The topological polar surface area (TPSA) is 66.9 Å². The van der Waals surface area contributed by atoms with E-state index in [1.54, 1.807) is 30.6 Å². The Morgan fingerprint density at radius 3 is 2.50 bits per heavy atom. The number of benzene rings is 1. The number of carbonyl (C=O) groups excluding carboxylic acids is 1. The van der Waals surface area contributed by atoms with E-state index in [1.807, 2.05) is 12.1 Å². The first-order valence-corrected chi connectivity index (χ1v) is 6.64. The van der Waals surface area contributed by atoms with Crippen LogP contribution in [0, 0.1) is 0 Å². The molecule has 1 aromatic heterocycles. The van der Waals surface area contributed by atoms with E-state index in [2.05, 4.69) is 20.6 Å². The second-order valence-corrected chi connectivity index (χ2v) is 4.59. The van der Waals surface area contributed by atoms with Crippen LogP contribution in [0.25, 0.3) is 0 Å². The van der Waals surface area contributed by atoms with Crippen molar-refractivity contribution < 1.29 is 4.79 Å². The first-order valence-electron chi connectivity index (χ1n) is 6.26. The van der Waals surface area contributed by atoms with Crippen molar-refractivity contribution in [3.63, 3.8) is 0 Å². The molecule has 0 spiro atoms. The molecule has 6 heteroatoms. The number of aromatic nitrogens is 2. The van der Waals surface area contributed by atoms with Crippen LogP contribution in [0.2, 0.25) is 5.02 Å². The lowest BCUT2D eigenvalue weighted by molar-refractivity contribution is -0.120. The number of amides is 1. The van der Waals surface area contributed by atoms with Gasteiger partial charge in [-0.15, -0.1) is 0 Å². The number of carbonyl (C=O) groups is 1.